The van der Waals surface area contributed by atoms with Crippen LogP contribution in [0, 0.1) is 5.82 Å². The molecule has 2 unspecified atom stereocenters. The Morgan fingerprint density at radius 2 is 2.06 bits per heavy atom. The van der Waals surface area contributed by atoms with E-state index in [1.807, 2.05) is 6.92 Å². The van der Waals surface area contributed by atoms with Crippen LogP contribution in [-0.4, -0.2) is 22.9 Å². The number of phenolic OH excluding ortho intramolecular Hbond substituents is 1. The minimum Gasteiger partial charge on any atom is -0.508 e. The zero-order chi connectivity index (χ0) is 12.8. The maximum Gasteiger partial charge on any atom is 0.131 e. The molecule has 0 spiro atoms. The molecule has 4 heteroatoms. The zero-order valence-electron chi connectivity index (χ0n) is 10.3. The van der Waals surface area contributed by atoms with Crippen molar-refractivity contribution in [3.63, 3.8) is 0 Å². The molecule has 2 atom stereocenters. The molecule has 96 valence electrons. The Morgan fingerprint density at radius 1 is 1.35 bits per heavy atom. The van der Waals surface area contributed by atoms with Gasteiger partial charge in [-0.3, -0.25) is 0 Å². The second-order valence-electron chi connectivity index (χ2n) is 4.37. The molecular weight excluding hydrogens is 221 g/mol. The van der Waals surface area contributed by atoms with Gasteiger partial charge in [-0.2, -0.15) is 0 Å². The van der Waals surface area contributed by atoms with E-state index in [9.17, 15) is 4.39 Å². The Kier molecular flexibility index (Phi) is 5.38. The molecule has 0 saturated carbocycles. The van der Waals surface area contributed by atoms with Crippen molar-refractivity contribution in [2.45, 2.75) is 38.8 Å². The van der Waals surface area contributed by atoms with E-state index in [1.165, 1.54) is 6.07 Å². The lowest BCUT2D eigenvalue weighted by molar-refractivity contribution is 0.181. The average Bonchev–Trinajstić information content (AvgIpc) is 2.23. The molecule has 17 heavy (non-hydrogen) atoms. The van der Waals surface area contributed by atoms with Gasteiger partial charge in [-0.25, -0.2) is 4.39 Å². The van der Waals surface area contributed by atoms with Crippen LogP contribution in [0.15, 0.2) is 18.2 Å². The van der Waals surface area contributed by atoms with E-state index in [0.29, 0.717) is 5.56 Å². The van der Waals surface area contributed by atoms with Gasteiger partial charge in [0.15, 0.2) is 0 Å². The molecule has 0 fully saturated rings. The van der Waals surface area contributed by atoms with E-state index < -0.39 is 5.82 Å². The number of aliphatic hydroxyl groups excluding tert-OH is 1. The number of rotatable bonds is 6. The molecule has 0 amide bonds. The molecule has 0 aliphatic heterocycles. The summed E-state index contributed by atoms with van der Waals surface area (Å²) in [5.74, 6) is -0.465. The first kappa shape index (κ1) is 13.9. The van der Waals surface area contributed by atoms with Crippen LogP contribution in [0.2, 0.25) is 0 Å². The van der Waals surface area contributed by atoms with Gasteiger partial charge in [0.25, 0.3) is 0 Å². The van der Waals surface area contributed by atoms with E-state index in [4.69, 9.17) is 10.2 Å². The van der Waals surface area contributed by atoms with Crippen LogP contribution in [0.4, 0.5) is 4.39 Å². The molecule has 0 radical (unpaired) electrons. The van der Waals surface area contributed by atoms with Gasteiger partial charge in [0.2, 0.25) is 0 Å². The van der Waals surface area contributed by atoms with Crippen molar-refractivity contribution in [2.24, 2.45) is 0 Å². The lowest BCUT2D eigenvalue weighted by Gasteiger charge is -2.15. The number of nitrogens with one attached hydrogen (secondary N) is 1. The van der Waals surface area contributed by atoms with Gasteiger partial charge < -0.3 is 15.5 Å². The van der Waals surface area contributed by atoms with E-state index in [-0.39, 0.29) is 17.9 Å². The van der Waals surface area contributed by atoms with Crippen LogP contribution in [0.1, 0.15) is 38.3 Å². The first-order valence-electron chi connectivity index (χ1n) is 5.90. The molecule has 0 heterocycles. The summed E-state index contributed by atoms with van der Waals surface area (Å²) in [5, 5.41) is 21.4. The SMILES string of the molecule is CC(O)CCCNC(C)c1ccc(O)cc1F. The molecule has 0 aliphatic carbocycles. The van der Waals surface area contributed by atoms with Crippen LogP contribution in [0.25, 0.3) is 0 Å². The summed E-state index contributed by atoms with van der Waals surface area (Å²) in [7, 11) is 0. The van der Waals surface area contributed by atoms with Gasteiger partial charge in [-0.15, -0.1) is 0 Å². The fourth-order valence-corrected chi connectivity index (χ4v) is 1.69. The maximum atomic E-state index is 13.5. The lowest BCUT2D eigenvalue weighted by atomic mass is 10.1. The Balaban J connectivity index is 2.44. The van der Waals surface area contributed by atoms with E-state index >= 15 is 0 Å². The molecule has 1 aromatic carbocycles. The number of aromatic hydroxyl groups is 1. The standard InChI is InChI=1S/C13H20FNO2/c1-9(16)4-3-7-15-10(2)12-6-5-11(17)8-13(12)14/h5-6,8-10,15-17H,3-4,7H2,1-2H3. The van der Waals surface area contributed by atoms with Crippen LogP contribution in [0.3, 0.4) is 0 Å². The number of halogens is 1. The quantitative estimate of drug-likeness (QED) is 0.670. The van der Waals surface area contributed by atoms with Crippen LogP contribution in [-0.2, 0) is 0 Å². The van der Waals surface area contributed by atoms with Crippen molar-refractivity contribution in [2.75, 3.05) is 6.54 Å². The normalized spacial score (nSPS) is 14.6. The van der Waals surface area contributed by atoms with Crippen LogP contribution >= 0.6 is 0 Å². The fourth-order valence-electron chi connectivity index (χ4n) is 1.69. The largest absolute Gasteiger partial charge is 0.508 e. The number of benzene rings is 1. The van der Waals surface area contributed by atoms with Gasteiger partial charge >= 0.3 is 0 Å². The minimum atomic E-state index is -0.402. The summed E-state index contributed by atoms with van der Waals surface area (Å²) >= 11 is 0. The minimum absolute atomic E-state index is 0.0624. The first-order valence-corrected chi connectivity index (χ1v) is 5.90. The summed E-state index contributed by atoms with van der Waals surface area (Å²) in [4.78, 5) is 0. The van der Waals surface area contributed by atoms with E-state index in [2.05, 4.69) is 5.32 Å². The van der Waals surface area contributed by atoms with Gasteiger partial charge in [0.1, 0.15) is 11.6 Å². The van der Waals surface area contributed by atoms with E-state index in [0.717, 1.165) is 25.5 Å². The summed E-state index contributed by atoms with van der Waals surface area (Å²) in [6.07, 6.45) is 1.29. The number of hydrogen-bond acceptors (Lipinski definition) is 3. The number of phenols is 1. The Bertz CT molecular complexity index is 355. The fraction of sp³-hybridized carbons (Fsp3) is 0.538. The van der Waals surface area contributed by atoms with Gasteiger partial charge in [0.05, 0.1) is 6.10 Å². The highest BCUT2D eigenvalue weighted by atomic mass is 19.1. The summed E-state index contributed by atoms with van der Waals surface area (Å²) in [6, 6.07) is 4.07. The third-order valence-electron chi connectivity index (χ3n) is 2.70. The van der Waals surface area contributed by atoms with Gasteiger partial charge in [-0.1, -0.05) is 6.07 Å². The second-order valence-corrected chi connectivity index (χ2v) is 4.37. The summed E-state index contributed by atoms with van der Waals surface area (Å²) in [6.45, 7) is 4.35. The third kappa shape index (κ3) is 4.71. The molecule has 0 bridgehead atoms. The average molecular weight is 241 g/mol. The third-order valence-corrected chi connectivity index (χ3v) is 2.70. The highest BCUT2D eigenvalue weighted by molar-refractivity contribution is 5.29. The first-order chi connectivity index (χ1) is 8.00. The number of hydrogen-bond donors (Lipinski definition) is 3. The zero-order valence-corrected chi connectivity index (χ0v) is 10.3. The second kappa shape index (κ2) is 6.57. The molecular formula is C13H20FNO2. The van der Waals surface area contributed by atoms with Crippen molar-refractivity contribution in [3.8, 4) is 5.75 Å². The van der Waals surface area contributed by atoms with Gasteiger partial charge in [-0.05, 0) is 39.3 Å². The highest BCUT2D eigenvalue weighted by Crippen LogP contribution is 2.20. The predicted octanol–water partition coefficient (Wildman–Crippen LogP) is 2.34. The van der Waals surface area contributed by atoms with Crippen molar-refractivity contribution < 1.29 is 14.6 Å². The molecule has 1 rings (SSSR count). The molecule has 3 nitrogen and oxygen atoms in total. The summed E-state index contributed by atoms with van der Waals surface area (Å²) in [5.41, 5.74) is 0.542. The summed E-state index contributed by atoms with van der Waals surface area (Å²) < 4.78 is 13.5. The Hall–Kier alpha value is -1.13. The van der Waals surface area contributed by atoms with Crippen LogP contribution < -0.4 is 5.32 Å². The van der Waals surface area contributed by atoms with Crippen LogP contribution in [0.5, 0.6) is 5.75 Å². The Morgan fingerprint density at radius 3 is 2.65 bits per heavy atom. The molecule has 0 aliphatic rings. The molecule has 3 N–H and O–H groups in total. The topological polar surface area (TPSA) is 52.5 Å². The van der Waals surface area contributed by atoms with Crippen molar-refractivity contribution in [1.29, 1.82) is 0 Å². The molecule has 1 aromatic rings. The van der Waals surface area contributed by atoms with Crippen molar-refractivity contribution >= 4 is 0 Å². The molecule has 0 saturated heterocycles. The van der Waals surface area contributed by atoms with Crippen molar-refractivity contribution in [3.05, 3.63) is 29.6 Å². The predicted molar refractivity (Wildman–Crippen MR) is 65.4 cm³/mol. The number of aliphatic hydroxyl groups is 1. The Labute approximate surface area is 101 Å². The van der Waals surface area contributed by atoms with Gasteiger partial charge in [0, 0.05) is 17.7 Å². The highest BCUT2D eigenvalue weighted by Gasteiger charge is 2.10. The van der Waals surface area contributed by atoms with Crippen molar-refractivity contribution in [1.82, 2.24) is 5.32 Å². The molecule has 0 aromatic heterocycles. The van der Waals surface area contributed by atoms with E-state index in [1.54, 1.807) is 13.0 Å². The smallest absolute Gasteiger partial charge is 0.131 e. The maximum absolute atomic E-state index is 13.5. The monoisotopic (exact) mass is 241 g/mol. The lowest BCUT2D eigenvalue weighted by Crippen LogP contribution is -2.21.